The van der Waals surface area contributed by atoms with E-state index in [0.29, 0.717) is 5.41 Å². The maximum absolute atomic E-state index is 2.36. The standard InChI is InChI=1S/C10H14S/c1-10(2)5-3-4-8-6-11-7-9(8)10/h6-7H,3-5H2,1-2H3. The number of fused-ring (bicyclic) bond motifs is 1. The van der Waals surface area contributed by atoms with E-state index < -0.39 is 0 Å². The highest BCUT2D eigenvalue weighted by atomic mass is 32.1. The molecule has 1 aromatic rings. The third kappa shape index (κ3) is 1.12. The van der Waals surface area contributed by atoms with Crippen LogP contribution < -0.4 is 0 Å². The van der Waals surface area contributed by atoms with Gasteiger partial charge in [0.05, 0.1) is 0 Å². The Kier molecular flexibility index (Phi) is 1.57. The van der Waals surface area contributed by atoms with Crippen LogP contribution in [0.25, 0.3) is 0 Å². The van der Waals surface area contributed by atoms with E-state index in [0.717, 1.165) is 0 Å². The molecule has 1 heteroatoms. The first-order valence-corrected chi connectivity index (χ1v) is 5.20. The van der Waals surface area contributed by atoms with Gasteiger partial charge in [-0.05, 0) is 46.6 Å². The summed E-state index contributed by atoms with van der Waals surface area (Å²) in [4.78, 5) is 0. The van der Waals surface area contributed by atoms with E-state index >= 15 is 0 Å². The van der Waals surface area contributed by atoms with Gasteiger partial charge in [-0.1, -0.05) is 13.8 Å². The van der Waals surface area contributed by atoms with Crippen molar-refractivity contribution < 1.29 is 0 Å². The van der Waals surface area contributed by atoms with Crippen LogP contribution in [0, 0.1) is 0 Å². The van der Waals surface area contributed by atoms with Crippen molar-refractivity contribution >= 4 is 11.3 Å². The Labute approximate surface area is 72.3 Å². The van der Waals surface area contributed by atoms with E-state index in [1.54, 1.807) is 11.1 Å². The summed E-state index contributed by atoms with van der Waals surface area (Å²) in [5.74, 6) is 0. The molecular formula is C10H14S. The van der Waals surface area contributed by atoms with Crippen molar-refractivity contribution in [3.8, 4) is 0 Å². The second-order valence-corrected chi connectivity index (χ2v) is 4.79. The fourth-order valence-corrected chi connectivity index (χ4v) is 3.05. The number of hydrogen-bond acceptors (Lipinski definition) is 1. The molecule has 0 aliphatic heterocycles. The molecule has 0 radical (unpaired) electrons. The summed E-state index contributed by atoms with van der Waals surface area (Å²) in [6, 6.07) is 0. The Hall–Kier alpha value is -0.300. The molecule has 1 aliphatic rings. The van der Waals surface area contributed by atoms with Crippen molar-refractivity contribution in [2.75, 3.05) is 0 Å². The first-order chi connectivity index (χ1) is 5.20. The van der Waals surface area contributed by atoms with Crippen molar-refractivity contribution in [3.63, 3.8) is 0 Å². The van der Waals surface area contributed by atoms with E-state index in [9.17, 15) is 0 Å². The molecule has 0 saturated carbocycles. The Morgan fingerprint density at radius 2 is 2.18 bits per heavy atom. The normalized spacial score (nSPS) is 21.3. The number of thiophene rings is 1. The molecule has 0 unspecified atom stereocenters. The summed E-state index contributed by atoms with van der Waals surface area (Å²) in [5, 5.41) is 4.64. The van der Waals surface area contributed by atoms with Gasteiger partial charge in [-0.3, -0.25) is 0 Å². The fraction of sp³-hybridized carbons (Fsp3) is 0.600. The quantitative estimate of drug-likeness (QED) is 0.554. The third-order valence-corrected chi connectivity index (χ3v) is 3.51. The van der Waals surface area contributed by atoms with Crippen LogP contribution >= 0.6 is 11.3 Å². The molecule has 2 rings (SSSR count). The van der Waals surface area contributed by atoms with Crippen molar-refractivity contribution in [2.24, 2.45) is 0 Å². The minimum Gasteiger partial charge on any atom is -0.152 e. The molecular weight excluding hydrogens is 152 g/mol. The predicted octanol–water partition coefficient (Wildman–Crippen LogP) is 3.36. The van der Waals surface area contributed by atoms with Crippen LogP contribution in [0.3, 0.4) is 0 Å². The van der Waals surface area contributed by atoms with E-state index in [-0.39, 0.29) is 0 Å². The number of hydrogen-bond donors (Lipinski definition) is 0. The first-order valence-electron chi connectivity index (χ1n) is 4.26. The molecule has 1 heterocycles. The molecule has 0 fully saturated rings. The summed E-state index contributed by atoms with van der Waals surface area (Å²) in [6.45, 7) is 4.72. The van der Waals surface area contributed by atoms with Gasteiger partial charge in [-0.15, -0.1) is 0 Å². The fourth-order valence-electron chi connectivity index (χ4n) is 1.97. The summed E-state index contributed by atoms with van der Waals surface area (Å²) >= 11 is 1.86. The minimum absolute atomic E-state index is 0.452. The molecule has 0 N–H and O–H groups in total. The Balaban J connectivity index is 2.48. The van der Waals surface area contributed by atoms with Gasteiger partial charge < -0.3 is 0 Å². The summed E-state index contributed by atoms with van der Waals surface area (Å²) in [6.07, 6.45) is 4.04. The maximum Gasteiger partial charge on any atom is -0.00529 e. The van der Waals surface area contributed by atoms with Crippen LogP contribution in [0.4, 0.5) is 0 Å². The van der Waals surface area contributed by atoms with Gasteiger partial charge in [0.1, 0.15) is 0 Å². The van der Waals surface area contributed by atoms with Crippen molar-refractivity contribution in [1.82, 2.24) is 0 Å². The number of rotatable bonds is 0. The molecule has 60 valence electrons. The number of aryl methyl sites for hydroxylation is 1. The van der Waals surface area contributed by atoms with Crippen LogP contribution in [0.15, 0.2) is 10.8 Å². The summed E-state index contributed by atoms with van der Waals surface area (Å²) < 4.78 is 0. The van der Waals surface area contributed by atoms with Crippen molar-refractivity contribution in [3.05, 3.63) is 21.9 Å². The zero-order valence-corrected chi connectivity index (χ0v) is 8.00. The second-order valence-electron chi connectivity index (χ2n) is 4.05. The van der Waals surface area contributed by atoms with Gasteiger partial charge in [0.25, 0.3) is 0 Å². The van der Waals surface area contributed by atoms with E-state index in [4.69, 9.17) is 0 Å². The molecule has 11 heavy (non-hydrogen) atoms. The van der Waals surface area contributed by atoms with Gasteiger partial charge >= 0.3 is 0 Å². The van der Waals surface area contributed by atoms with Gasteiger partial charge in [-0.25, -0.2) is 0 Å². The molecule has 1 aliphatic carbocycles. The van der Waals surface area contributed by atoms with Gasteiger partial charge in [0, 0.05) is 0 Å². The Morgan fingerprint density at radius 1 is 1.36 bits per heavy atom. The largest absolute Gasteiger partial charge is 0.152 e. The lowest BCUT2D eigenvalue weighted by atomic mass is 9.75. The van der Waals surface area contributed by atoms with Crippen molar-refractivity contribution in [2.45, 2.75) is 38.5 Å². The summed E-state index contributed by atoms with van der Waals surface area (Å²) in [7, 11) is 0. The Morgan fingerprint density at radius 3 is 2.91 bits per heavy atom. The van der Waals surface area contributed by atoms with Crippen LogP contribution in [0.1, 0.15) is 37.8 Å². The molecule has 0 atom stereocenters. The molecule has 1 aromatic heterocycles. The van der Waals surface area contributed by atoms with Gasteiger partial charge in [-0.2, -0.15) is 11.3 Å². The minimum atomic E-state index is 0.452. The average molecular weight is 166 g/mol. The highest BCUT2D eigenvalue weighted by Crippen LogP contribution is 2.38. The first kappa shape index (κ1) is 7.35. The lowest BCUT2D eigenvalue weighted by Crippen LogP contribution is -2.21. The Bertz CT molecular complexity index is 258. The van der Waals surface area contributed by atoms with Crippen molar-refractivity contribution in [1.29, 1.82) is 0 Å². The van der Waals surface area contributed by atoms with E-state index in [1.165, 1.54) is 19.3 Å². The average Bonchev–Trinajstić information content (AvgIpc) is 2.34. The highest BCUT2D eigenvalue weighted by Gasteiger charge is 2.27. The van der Waals surface area contributed by atoms with Crippen LogP contribution in [-0.2, 0) is 11.8 Å². The lowest BCUT2D eigenvalue weighted by molar-refractivity contribution is 0.434. The smallest absolute Gasteiger partial charge is 0.00529 e. The highest BCUT2D eigenvalue weighted by molar-refractivity contribution is 7.08. The zero-order chi connectivity index (χ0) is 7.90. The molecule has 0 amide bonds. The van der Waals surface area contributed by atoms with Crippen LogP contribution in [0.2, 0.25) is 0 Å². The molecule has 0 aromatic carbocycles. The van der Waals surface area contributed by atoms with Crippen LogP contribution in [-0.4, -0.2) is 0 Å². The molecule has 0 saturated heterocycles. The SMILES string of the molecule is CC1(C)CCCc2cscc21. The maximum atomic E-state index is 2.36. The van der Waals surface area contributed by atoms with Crippen LogP contribution in [0.5, 0.6) is 0 Å². The second kappa shape index (κ2) is 2.34. The summed E-state index contributed by atoms with van der Waals surface area (Å²) in [5.41, 5.74) is 3.66. The molecule has 0 spiro atoms. The predicted molar refractivity (Wildman–Crippen MR) is 50.3 cm³/mol. The zero-order valence-electron chi connectivity index (χ0n) is 7.18. The lowest BCUT2D eigenvalue weighted by Gasteiger charge is -2.29. The monoisotopic (exact) mass is 166 g/mol. The molecule has 0 bridgehead atoms. The van der Waals surface area contributed by atoms with Gasteiger partial charge in [0.15, 0.2) is 0 Å². The topological polar surface area (TPSA) is 0 Å². The van der Waals surface area contributed by atoms with E-state index in [2.05, 4.69) is 24.6 Å². The molecule has 0 nitrogen and oxygen atoms in total. The van der Waals surface area contributed by atoms with E-state index in [1.807, 2.05) is 11.3 Å². The third-order valence-electron chi connectivity index (χ3n) is 2.72. The van der Waals surface area contributed by atoms with Gasteiger partial charge in [0.2, 0.25) is 0 Å².